The molecule has 3 rings (SSSR count). The maximum Gasteiger partial charge on any atom is 0.263 e. The van der Waals surface area contributed by atoms with Gasteiger partial charge in [-0.2, -0.15) is 0 Å². The van der Waals surface area contributed by atoms with Gasteiger partial charge in [-0.15, -0.1) is 11.3 Å². The molecule has 0 aliphatic heterocycles. The number of rotatable bonds is 5. The molecule has 0 bridgehead atoms. The zero-order valence-electron chi connectivity index (χ0n) is 16.8. The van der Waals surface area contributed by atoms with Gasteiger partial charge < -0.3 is 10.2 Å². The molecule has 1 amide bonds. The summed E-state index contributed by atoms with van der Waals surface area (Å²) in [6.07, 6.45) is 0. The average Bonchev–Trinajstić information content (AvgIpc) is 2.87. The van der Waals surface area contributed by atoms with E-state index in [0.717, 1.165) is 10.4 Å². The topological polar surface area (TPSA) is 67.2 Å². The number of amides is 1. The Morgan fingerprint density at radius 3 is 2.45 bits per heavy atom. The van der Waals surface area contributed by atoms with Crippen molar-refractivity contribution in [2.24, 2.45) is 0 Å². The second kappa shape index (κ2) is 8.44. The Morgan fingerprint density at radius 1 is 1.24 bits per heavy atom. The molecule has 2 aromatic heterocycles. The first kappa shape index (κ1) is 21.8. The van der Waals surface area contributed by atoms with Gasteiger partial charge >= 0.3 is 0 Å². The normalized spacial score (nSPS) is 12.6. The van der Waals surface area contributed by atoms with Crippen LogP contribution in [-0.2, 0) is 11.3 Å². The van der Waals surface area contributed by atoms with Crippen LogP contribution in [0.5, 0.6) is 0 Å². The quantitative estimate of drug-likeness (QED) is 0.611. The van der Waals surface area contributed by atoms with E-state index in [1.165, 1.54) is 15.9 Å². The summed E-state index contributed by atoms with van der Waals surface area (Å²) in [6.45, 7) is 5.99. The number of thiophene rings is 1. The molecule has 154 valence electrons. The number of aromatic nitrogens is 2. The van der Waals surface area contributed by atoms with Crippen molar-refractivity contribution in [1.29, 1.82) is 0 Å². The fraction of sp³-hybridized carbons (Fsp3) is 0.350. The highest BCUT2D eigenvalue weighted by molar-refractivity contribution is 7.18. The monoisotopic (exact) mass is 452 g/mol. The van der Waals surface area contributed by atoms with Crippen LogP contribution in [0.15, 0.2) is 23.0 Å². The number of carbonyl (C=O) groups excluding carboxylic acids is 1. The first-order chi connectivity index (χ1) is 13.6. The first-order valence-corrected chi connectivity index (χ1v) is 10.6. The zero-order valence-corrected chi connectivity index (χ0v) is 19.2. The predicted molar refractivity (Wildman–Crippen MR) is 121 cm³/mol. The molecule has 0 fully saturated rings. The molecular formula is C20H22Cl2N4O2S. The van der Waals surface area contributed by atoms with E-state index in [1.54, 1.807) is 25.1 Å². The molecule has 3 aromatic rings. The molecule has 9 heteroatoms. The lowest BCUT2D eigenvalue weighted by Crippen LogP contribution is -2.36. The van der Waals surface area contributed by atoms with Gasteiger partial charge in [0, 0.05) is 20.6 Å². The Kier molecular flexibility index (Phi) is 6.33. The largest absolute Gasteiger partial charge is 0.324 e. The lowest BCUT2D eigenvalue weighted by Gasteiger charge is -2.21. The minimum absolute atomic E-state index is 0.208. The first-order valence-electron chi connectivity index (χ1n) is 9.01. The highest BCUT2D eigenvalue weighted by atomic mass is 35.5. The van der Waals surface area contributed by atoms with Gasteiger partial charge in [-0.05, 0) is 58.6 Å². The van der Waals surface area contributed by atoms with Crippen LogP contribution >= 0.6 is 34.5 Å². The third kappa shape index (κ3) is 4.48. The molecule has 0 aliphatic carbocycles. The van der Waals surface area contributed by atoms with Crippen LogP contribution < -0.4 is 10.9 Å². The molecule has 0 aliphatic rings. The van der Waals surface area contributed by atoms with Gasteiger partial charge in [-0.25, -0.2) is 4.98 Å². The van der Waals surface area contributed by atoms with Crippen LogP contribution in [0.2, 0.25) is 10.0 Å². The van der Waals surface area contributed by atoms with E-state index in [0.29, 0.717) is 38.3 Å². The van der Waals surface area contributed by atoms with Crippen LogP contribution in [0.3, 0.4) is 0 Å². The number of halogens is 2. The lowest BCUT2D eigenvalue weighted by atomic mass is 10.2. The minimum Gasteiger partial charge on any atom is -0.324 e. The van der Waals surface area contributed by atoms with Crippen molar-refractivity contribution in [3.63, 3.8) is 0 Å². The van der Waals surface area contributed by atoms with Crippen LogP contribution in [0.4, 0.5) is 5.69 Å². The molecule has 1 aromatic carbocycles. The number of nitrogens with zero attached hydrogens (tertiary/aromatic N) is 3. The molecule has 0 saturated carbocycles. The summed E-state index contributed by atoms with van der Waals surface area (Å²) in [4.78, 5) is 34.7. The van der Waals surface area contributed by atoms with E-state index in [9.17, 15) is 9.59 Å². The third-order valence-corrected chi connectivity index (χ3v) is 6.20. The van der Waals surface area contributed by atoms with Crippen molar-refractivity contribution >= 4 is 56.3 Å². The molecule has 6 nitrogen and oxygen atoms in total. The van der Waals surface area contributed by atoms with Gasteiger partial charge in [0.15, 0.2) is 0 Å². The van der Waals surface area contributed by atoms with Crippen LogP contribution in [0, 0.1) is 13.8 Å². The number of carbonyl (C=O) groups is 1. The summed E-state index contributed by atoms with van der Waals surface area (Å²) in [5.74, 6) is 0.191. The Balaban J connectivity index is 2.08. The minimum atomic E-state index is -0.772. The maximum absolute atomic E-state index is 13.4. The van der Waals surface area contributed by atoms with E-state index in [2.05, 4.69) is 5.32 Å². The van der Waals surface area contributed by atoms with Crippen molar-refractivity contribution in [2.45, 2.75) is 33.4 Å². The van der Waals surface area contributed by atoms with E-state index in [4.69, 9.17) is 28.2 Å². The SMILES string of the molecule is Cc1sc2nc(CN(C)C)n(C(C)C(=O)Nc3cc(Cl)cc(Cl)c3)c(=O)c2c1C. The molecule has 0 spiro atoms. The molecule has 29 heavy (non-hydrogen) atoms. The molecule has 0 radical (unpaired) electrons. The number of anilines is 1. The summed E-state index contributed by atoms with van der Waals surface area (Å²) >= 11 is 13.5. The standard InChI is InChI=1S/C20H22Cl2N4O2S/c1-10-12(3)29-19-17(10)20(28)26(16(24-19)9-25(4)5)11(2)18(27)23-15-7-13(21)6-14(22)8-15/h6-8,11H,9H2,1-5H3,(H,23,27). The second-order valence-electron chi connectivity index (χ2n) is 7.23. The van der Waals surface area contributed by atoms with Crippen LogP contribution in [0.1, 0.15) is 29.2 Å². The number of fused-ring (bicyclic) bond motifs is 1. The number of hydrogen-bond acceptors (Lipinski definition) is 5. The van der Waals surface area contributed by atoms with E-state index < -0.39 is 6.04 Å². The number of benzene rings is 1. The van der Waals surface area contributed by atoms with Gasteiger partial charge in [0.05, 0.1) is 11.9 Å². The van der Waals surface area contributed by atoms with E-state index in [1.807, 2.05) is 32.8 Å². The van der Waals surface area contributed by atoms with Crippen molar-refractivity contribution in [1.82, 2.24) is 14.5 Å². The smallest absolute Gasteiger partial charge is 0.263 e. The summed E-state index contributed by atoms with van der Waals surface area (Å²) in [6, 6.07) is 4.03. The van der Waals surface area contributed by atoms with E-state index in [-0.39, 0.29) is 11.5 Å². The molecule has 0 saturated heterocycles. The van der Waals surface area contributed by atoms with Crippen molar-refractivity contribution in [3.8, 4) is 0 Å². The lowest BCUT2D eigenvalue weighted by molar-refractivity contribution is -0.119. The molecule has 2 heterocycles. The van der Waals surface area contributed by atoms with Crippen LogP contribution in [0.25, 0.3) is 10.2 Å². The Hall–Kier alpha value is -1.93. The Bertz CT molecular complexity index is 1130. The number of aryl methyl sites for hydroxylation is 2. The van der Waals surface area contributed by atoms with Gasteiger partial charge in [-0.1, -0.05) is 23.2 Å². The average molecular weight is 453 g/mol. The molecule has 1 atom stereocenters. The van der Waals surface area contributed by atoms with Crippen molar-refractivity contribution in [3.05, 3.63) is 54.9 Å². The van der Waals surface area contributed by atoms with Crippen molar-refractivity contribution in [2.75, 3.05) is 19.4 Å². The molecule has 1 N–H and O–H groups in total. The zero-order chi connectivity index (χ0) is 21.5. The molecule has 1 unspecified atom stereocenters. The highest BCUT2D eigenvalue weighted by Crippen LogP contribution is 2.28. The Labute approximate surface area is 183 Å². The fourth-order valence-electron chi connectivity index (χ4n) is 3.13. The van der Waals surface area contributed by atoms with Gasteiger partial charge in [-0.3, -0.25) is 14.2 Å². The van der Waals surface area contributed by atoms with Gasteiger partial charge in [0.1, 0.15) is 16.7 Å². The highest BCUT2D eigenvalue weighted by Gasteiger charge is 2.24. The van der Waals surface area contributed by atoms with Crippen LogP contribution in [-0.4, -0.2) is 34.5 Å². The summed E-state index contributed by atoms with van der Waals surface area (Å²) in [7, 11) is 3.79. The Morgan fingerprint density at radius 2 is 1.86 bits per heavy atom. The second-order valence-corrected chi connectivity index (χ2v) is 9.30. The summed E-state index contributed by atoms with van der Waals surface area (Å²) < 4.78 is 1.48. The fourth-order valence-corrected chi connectivity index (χ4v) is 4.70. The molecular weight excluding hydrogens is 431 g/mol. The van der Waals surface area contributed by atoms with E-state index >= 15 is 0 Å². The van der Waals surface area contributed by atoms with Crippen molar-refractivity contribution < 1.29 is 4.79 Å². The van der Waals surface area contributed by atoms with Gasteiger partial charge in [0.2, 0.25) is 5.91 Å². The number of nitrogens with one attached hydrogen (secondary N) is 1. The predicted octanol–water partition coefficient (Wildman–Crippen LogP) is 4.64. The maximum atomic E-state index is 13.4. The summed E-state index contributed by atoms with van der Waals surface area (Å²) in [5.41, 5.74) is 1.17. The summed E-state index contributed by atoms with van der Waals surface area (Å²) in [5, 5.41) is 4.19. The third-order valence-electron chi connectivity index (χ3n) is 4.66. The number of hydrogen-bond donors (Lipinski definition) is 1. The van der Waals surface area contributed by atoms with Gasteiger partial charge in [0.25, 0.3) is 5.56 Å².